The monoisotopic (exact) mass is 313 g/mol. The molecule has 0 aliphatic rings. The largest absolute Gasteiger partial charge is 0.378 e. The maximum absolute atomic E-state index is 12.1. The molecule has 0 saturated carbocycles. The number of nitrogens with zero attached hydrogens (tertiary/aromatic N) is 3. The predicted octanol–water partition coefficient (Wildman–Crippen LogP) is 1.77. The van der Waals surface area contributed by atoms with Crippen LogP contribution in [0.4, 0.5) is 5.69 Å². The molecule has 2 heterocycles. The predicted molar refractivity (Wildman–Crippen MR) is 91.3 cm³/mol. The van der Waals surface area contributed by atoms with Crippen molar-refractivity contribution in [1.29, 1.82) is 0 Å². The molecule has 6 nitrogen and oxygen atoms in total. The minimum Gasteiger partial charge on any atom is -0.378 e. The van der Waals surface area contributed by atoms with Gasteiger partial charge in [0.05, 0.1) is 23.5 Å². The molecule has 0 fully saturated rings. The number of pyridine rings is 2. The zero-order valence-corrected chi connectivity index (χ0v) is 13.6. The van der Waals surface area contributed by atoms with Gasteiger partial charge in [-0.05, 0) is 45.3 Å². The van der Waals surface area contributed by atoms with Gasteiger partial charge in [-0.25, -0.2) is 0 Å². The molecule has 6 heteroatoms. The fraction of sp³-hybridized carbons (Fsp3) is 0.353. The van der Waals surface area contributed by atoms with Gasteiger partial charge < -0.3 is 15.5 Å². The number of hydrogen-bond acceptors (Lipinski definition) is 5. The molecule has 122 valence electrons. The van der Waals surface area contributed by atoms with Crippen molar-refractivity contribution in [2.45, 2.75) is 13.0 Å². The van der Waals surface area contributed by atoms with E-state index in [0.29, 0.717) is 18.7 Å². The highest BCUT2D eigenvalue weighted by molar-refractivity contribution is 5.94. The molecule has 0 aliphatic carbocycles. The highest BCUT2D eigenvalue weighted by Gasteiger charge is 2.06. The molecule has 2 N–H and O–H groups in total. The van der Waals surface area contributed by atoms with Gasteiger partial charge in [0, 0.05) is 25.1 Å². The Labute approximate surface area is 137 Å². The van der Waals surface area contributed by atoms with Gasteiger partial charge in [-0.1, -0.05) is 6.07 Å². The van der Waals surface area contributed by atoms with Crippen LogP contribution < -0.4 is 10.6 Å². The van der Waals surface area contributed by atoms with Gasteiger partial charge in [0.2, 0.25) is 0 Å². The van der Waals surface area contributed by atoms with Gasteiger partial charge in [0.15, 0.2) is 0 Å². The fourth-order valence-corrected chi connectivity index (χ4v) is 2.06. The summed E-state index contributed by atoms with van der Waals surface area (Å²) >= 11 is 0. The first-order valence-corrected chi connectivity index (χ1v) is 7.67. The number of amides is 1. The Bertz CT molecular complexity index is 615. The van der Waals surface area contributed by atoms with Gasteiger partial charge >= 0.3 is 0 Å². The number of rotatable bonds is 8. The molecule has 1 amide bonds. The second-order valence-corrected chi connectivity index (χ2v) is 5.55. The average molecular weight is 313 g/mol. The lowest BCUT2D eigenvalue weighted by molar-refractivity contribution is 0.0952. The molecule has 0 aliphatic heterocycles. The van der Waals surface area contributed by atoms with E-state index in [1.165, 1.54) is 0 Å². The van der Waals surface area contributed by atoms with Crippen LogP contribution in [0.5, 0.6) is 0 Å². The lowest BCUT2D eigenvalue weighted by atomic mass is 10.2. The lowest BCUT2D eigenvalue weighted by Gasteiger charge is -2.10. The highest BCUT2D eigenvalue weighted by Crippen LogP contribution is 2.09. The van der Waals surface area contributed by atoms with Gasteiger partial charge in [-0.3, -0.25) is 14.8 Å². The van der Waals surface area contributed by atoms with Gasteiger partial charge in [-0.2, -0.15) is 0 Å². The first-order valence-electron chi connectivity index (χ1n) is 7.67. The van der Waals surface area contributed by atoms with Crippen LogP contribution in [0.2, 0.25) is 0 Å². The van der Waals surface area contributed by atoms with Crippen molar-refractivity contribution < 1.29 is 4.79 Å². The summed E-state index contributed by atoms with van der Waals surface area (Å²) in [6.07, 6.45) is 5.95. The second kappa shape index (κ2) is 8.85. The number of hydrogen-bond donors (Lipinski definition) is 2. The number of nitrogens with one attached hydrogen (secondary N) is 2. The van der Waals surface area contributed by atoms with Crippen LogP contribution in [0.1, 0.15) is 22.5 Å². The summed E-state index contributed by atoms with van der Waals surface area (Å²) in [6.45, 7) is 2.20. The van der Waals surface area contributed by atoms with E-state index in [2.05, 4.69) is 25.5 Å². The minimum absolute atomic E-state index is 0.0993. The van der Waals surface area contributed by atoms with Crippen LogP contribution in [0.15, 0.2) is 42.9 Å². The number of carbonyl (C=O) groups is 1. The summed E-state index contributed by atoms with van der Waals surface area (Å²) in [5.41, 5.74) is 2.29. The number of aromatic nitrogens is 2. The van der Waals surface area contributed by atoms with Crippen molar-refractivity contribution in [2.24, 2.45) is 0 Å². The molecule has 0 spiro atoms. The van der Waals surface area contributed by atoms with E-state index in [1.54, 1.807) is 24.7 Å². The van der Waals surface area contributed by atoms with Crippen LogP contribution in [-0.4, -0.2) is 48.0 Å². The Hall–Kier alpha value is -2.47. The SMILES string of the molecule is CN(C)CCCNC(=O)c1cncc(NCc2ccccn2)c1. The summed E-state index contributed by atoms with van der Waals surface area (Å²) in [6, 6.07) is 7.57. The lowest BCUT2D eigenvalue weighted by Crippen LogP contribution is -2.27. The topological polar surface area (TPSA) is 70.2 Å². The van der Waals surface area contributed by atoms with E-state index in [1.807, 2.05) is 32.3 Å². The third-order valence-corrected chi connectivity index (χ3v) is 3.27. The van der Waals surface area contributed by atoms with Crippen molar-refractivity contribution in [3.05, 3.63) is 54.1 Å². The summed E-state index contributed by atoms with van der Waals surface area (Å²) in [7, 11) is 4.03. The standard InChI is InChI=1S/C17H23N5O/c1-22(2)9-5-8-20-17(23)14-10-16(12-18-11-14)21-13-15-6-3-4-7-19-15/h3-4,6-7,10-12,21H,5,8-9,13H2,1-2H3,(H,20,23). The first-order chi connectivity index (χ1) is 11.1. The van der Waals surface area contributed by atoms with Crippen LogP contribution in [0, 0.1) is 0 Å². The van der Waals surface area contributed by atoms with E-state index >= 15 is 0 Å². The maximum atomic E-state index is 12.1. The quantitative estimate of drug-likeness (QED) is 0.727. The molecule has 2 aromatic rings. The van der Waals surface area contributed by atoms with Gasteiger partial charge in [-0.15, -0.1) is 0 Å². The molecule has 0 unspecified atom stereocenters. The van der Waals surface area contributed by atoms with Gasteiger partial charge in [0.1, 0.15) is 0 Å². The molecule has 0 saturated heterocycles. The van der Waals surface area contributed by atoms with E-state index in [-0.39, 0.29) is 5.91 Å². The minimum atomic E-state index is -0.0993. The Morgan fingerprint density at radius 3 is 2.87 bits per heavy atom. The van der Waals surface area contributed by atoms with Crippen LogP contribution in [0.3, 0.4) is 0 Å². The number of anilines is 1. The van der Waals surface area contributed by atoms with Crippen LogP contribution in [-0.2, 0) is 6.54 Å². The Morgan fingerprint density at radius 2 is 2.13 bits per heavy atom. The van der Waals surface area contributed by atoms with Crippen molar-refractivity contribution in [3.8, 4) is 0 Å². The molecule has 0 aromatic carbocycles. The number of carbonyl (C=O) groups excluding carboxylic acids is 1. The summed E-state index contributed by atoms with van der Waals surface area (Å²) < 4.78 is 0. The van der Waals surface area contributed by atoms with Crippen molar-refractivity contribution in [3.63, 3.8) is 0 Å². The Morgan fingerprint density at radius 1 is 1.26 bits per heavy atom. The second-order valence-electron chi connectivity index (χ2n) is 5.55. The molecular weight excluding hydrogens is 290 g/mol. The van der Waals surface area contributed by atoms with Crippen LogP contribution >= 0.6 is 0 Å². The van der Waals surface area contributed by atoms with E-state index in [4.69, 9.17) is 0 Å². The van der Waals surface area contributed by atoms with Crippen molar-refractivity contribution in [2.75, 3.05) is 32.5 Å². The zero-order valence-electron chi connectivity index (χ0n) is 13.6. The maximum Gasteiger partial charge on any atom is 0.252 e. The molecular formula is C17H23N5O. The summed E-state index contributed by atoms with van der Waals surface area (Å²) in [5, 5.41) is 6.14. The van der Waals surface area contributed by atoms with Crippen molar-refractivity contribution in [1.82, 2.24) is 20.2 Å². The third-order valence-electron chi connectivity index (χ3n) is 3.27. The Kier molecular flexibility index (Phi) is 6.50. The smallest absolute Gasteiger partial charge is 0.252 e. The highest BCUT2D eigenvalue weighted by atomic mass is 16.1. The fourth-order valence-electron chi connectivity index (χ4n) is 2.06. The molecule has 0 atom stereocenters. The first kappa shape index (κ1) is 16.9. The molecule has 0 radical (unpaired) electrons. The molecule has 0 bridgehead atoms. The summed E-state index contributed by atoms with van der Waals surface area (Å²) in [5.74, 6) is -0.0993. The van der Waals surface area contributed by atoms with E-state index < -0.39 is 0 Å². The molecule has 2 aromatic heterocycles. The van der Waals surface area contributed by atoms with Crippen molar-refractivity contribution >= 4 is 11.6 Å². The van der Waals surface area contributed by atoms with E-state index in [0.717, 1.165) is 24.3 Å². The Balaban J connectivity index is 1.85. The normalized spacial score (nSPS) is 10.6. The third kappa shape index (κ3) is 6.04. The average Bonchev–Trinajstić information content (AvgIpc) is 2.58. The summed E-state index contributed by atoms with van der Waals surface area (Å²) in [4.78, 5) is 22.6. The molecule has 23 heavy (non-hydrogen) atoms. The van der Waals surface area contributed by atoms with Crippen LogP contribution in [0.25, 0.3) is 0 Å². The van der Waals surface area contributed by atoms with E-state index in [9.17, 15) is 4.79 Å². The van der Waals surface area contributed by atoms with Gasteiger partial charge in [0.25, 0.3) is 5.91 Å². The zero-order chi connectivity index (χ0) is 16.5. The molecule has 2 rings (SSSR count).